The van der Waals surface area contributed by atoms with Gasteiger partial charge in [0, 0.05) is 23.7 Å². The van der Waals surface area contributed by atoms with Gasteiger partial charge in [0.2, 0.25) is 0 Å². The van der Waals surface area contributed by atoms with Gasteiger partial charge >= 0.3 is 0 Å². The Hall–Kier alpha value is -0.660. The molecule has 2 nitrogen and oxygen atoms in total. The lowest BCUT2D eigenvalue weighted by molar-refractivity contribution is -0.125. The van der Waals surface area contributed by atoms with Crippen molar-refractivity contribution in [2.45, 2.75) is 25.7 Å². The fraction of sp³-hybridized carbons (Fsp3) is 0.833. The zero-order valence-corrected chi connectivity index (χ0v) is 8.11. The molecule has 4 aliphatic rings. The van der Waals surface area contributed by atoms with Crippen LogP contribution >= 0.6 is 0 Å². The number of carbonyl (C=O) groups is 2. The topological polar surface area (TPSA) is 34.1 Å². The van der Waals surface area contributed by atoms with Gasteiger partial charge < -0.3 is 0 Å². The predicted molar refractivity (Wildman–Crippen MR) is 49.4 cm³/mol. The number of hydrogen-bond donors (Lipinski definition) is 0. The van der Waals surface area contributed by atoms with Gasteiger partial charge in [0.1, 0.15) is 11.6 Å². The smallest absolute Gasteiger partial charge is 0.139 e. The first kappa shape index (κ1) is 7.61. The molecule has 0 amide bonds. The summed E-state index contributed by atoms with van der Waals surface area (Å²) in [5.41, 5.74) is 0. The molecule has 0 radical (unpaired) electrons. The molecule has 4 atom stereocenters. The normalized spacial score (nSPS) is 58.6. The Balaban J connectivity index is 1.84. The minimum absolute atomic E-state index is 0.296. The molecule has 4 bridgehead atoms. The van der Waals surface area contributed by atoms with Gasteiger partial charge in [-0.1, -0.05) is 0 Å². The maximum Gasteiger partial charge on any atom is 0.139 e. The number of fused-ring (bicyclic) bond motifs is 9. The van der Waals surface area contributed by atoms with Crippen molar-refractivity contribution < 1.29 is 9.59 Å². The van der Waals surface area contributed by atoms with E-state index in [1.165, 1.54) is 0 Å². The van der Waals surface area contributed by atoms with Gasteiger partial charge in [0.15, 0.2) is 0 Å². The lowest BCUT2D eigenvalue weighted by Gasteiger charge is -2.31. The lowest BCUT2D eigenvalue weighted by Crippen LogP contribution is -2.27. The number of Topliss-reactive ketones (excluding diaryl/α,β-unsaturated/α-hetero) is 2. The quantitative estimate of drug-likeness (QED) is 0.542. The lowest BCUT2D eigenvalue weighted by atomic mass is 9.71. The van der Waals surface area contributed by atoms with Crippen LogP contribution < -0.4 is 0 Å². The van der Waals surface area contributed by atoms with Crippen LogP contribution in [0.5, 0.6) is 0 Å². The number of rotatable bonds is 0. The van der Waals surface area contributed by atoms with Crippen LogP contribution in [0.4, 0.5) is 0 Å². The molecule has 4 unspecified atom stereocenters. The van der Waals surface area contributed by atoms with E-state index < -0.39 is 0 Å². The van der Waals surface area contributed by atoms with Crippen molar-refractivity contribution >= 4 is 11.6 Å². The zero-order chi connectivity index (χ0) is 9.45. The third-order valence-corrected chi connectivity index (χ3v) is 5.34. The van der Waals surface area contributed by atoms with Crippen molar-refractivity contribution in [1.82, 2.24) is 0 Å². The molecule has 0 aromatic carbocycles. The van der Waals surface area contributed by atoms with E-state index in [1.54, 1.807) is 0 Å². The molecule has 0 aromatic rings. The van der Waals surface area contributed by atoms with E-state index in [2.05, 4.69) is 0 Å². The zero-order valence-electron chi connectivity index (χ0n) is 8.11. The summed E-state index contributed by atoms with van der Waals surface area (Å²) in [5, 5.41) is 0. The predicted octanol–water partition coefficient (Wildman–Crippen LogP) is 1.44. The molecule has 2 heteroatoms. The van der Waals surface area contributed by atoms with Crippen molar-refractivity contribution in [1.29, 1.82) is 0 Å². The molecule has 4 aliphatic carbocycles. The molecule has 0 spiro atoms. The highest BCUT2D eigenvalue weighted by molar-refractivity contribution is 5.96. The number of hydrogen-bond acceptors (Lipinski definition) is 2. The summed E-state index contributed by atoms with van der Waals surface area (Å²) in [6.07, 6.45) is 4.34. The van der Waals surface area contributed by atoms with Crippen LogP contribution in [0.3, 0.4) is 0 Å². The van der Waals surface area contributed by atoms with E-state index in [-0.39, 0.29) is 0 Å². The third-order valence-electron chi connectivity index (χ3n) is 5.34. The van der Waals surface area contributed by atoms with Crippen molar-refractivity contribution in [3.63, 3.8) is 0 Å². The minimum Gasteiger partial charge on any atom is -0.299 e. The van der Waals surface area contributed by atoms with Crippen molar-refractivity contribution in [3.8, 4) is 0 Å². The molecule has 0 aromatic heterocycles. The molecule has 0 N–H and O–H groups in total. The van der Waals surface area contributed by atoms with Crippen LogP contribution in [-0.2, 0) is 9.59 Å². The van der Waals surface area contributed by atoms with Gasteiger partial charge in [-0.2, -0.15) is 0 Å². The molecular weight excluding hydrogens is 176 g/mol. The fourth-order valence-electron chi connectivity index (χ4n) is 5.00. The Morgan fingerprint density at radius 3 is 1.21 bits per heavy atom. The highest BCUT2D eigenvalue weighted by atomic mass is 16.1. The molecule has 4 fully saturated rings. The summed E-state index contributed by atoms with van der Waals surface area (Å²) in [6.45, 7) is 0. The highest BCUT2D eigenvalue weighted by Crippen LogP contribution is 2.64. The molecule has 0 aliphatic heterocycles. The van der Waals surface area contributed by atoms with E-state index in [9.17, 15) is 9.59 Å². The van der Waals surface area contributed by atoms with Gasteiger partial charge in [0.05, 0.1) is 0 Å². The van der Waals surface area contributed by atoms with Crippen LogP contribution in [0.25, 0.3) is 0 Å². The maximum absolute atomic E-state index is 11.9. The molecule has 74 valence electrons. The second kappa shape index (κ2) is 2.12. The summed E-state index contributed by atoms with van der Waals surface area (Å²) in [6, 6.07) is 0. The average molecular weight is 190 g/mol. The first-order valence-electron chi connectivity index (χ1n) is 5.86. The first-order valence-corrected chi connectivity index (χ1v) is 5.86. The van der Waals surface area contributed by atoms with E-state index in [0.29, 0.717) is 47.1 Å². The average Bonchev–Trinajstić information content (AvgIpc) is 2.87. The molecule has 14 heavy (non-hydrogen) atoms. The van der Waals surface area contributed by atoms with Gasteiger partial charge in [0.25, 0.3) is 0 Å². The highest BCUT2D eigenvalue weighted by Gasteiger charge is 2.66. The minimum atomic E-state index is 0.296. The Bertz CT molecular complexity index is 284. The van der Waals surface area contributed by atoms with E-state index in [0.717, 1.165) is 25.7 Å². The Morgan fingerprint density at radius 2 is 0.929 bits per heavy atom. The van der Waals surface area contributed by atoms with Gasteiger partial charge in [-0.3, -0.25) is 9.59 Å². The van der Waals surface area contributed by atoms with Crippen LogP contribution in [0.15, 0.2) is 0 Å². The van der Waals surface area contributed by atoms with E-state index in [4.69, 9.17) is 0 Å². The summed E-state index contributed by atoms with van der Waals surface area (Å²) < 4.78 is 0. The molecule has 4 rings (SSSR count). The fourth-order valence-corrected chi connectivity index (χ4v) is 5.00. The van der Waals surface area contributed by atoms with Crippen LogP contribution in [0, 0.1) is 35.5 Å². The van der Waals surface area contributed by atoms with E-state index in [1.807, 2.05) is 0 Å². The summed E-state index contributed by atoms with van der Waals surface area (Å²) >= 11 is 0. The van der Waals surface area contributed by atoms with Crippen LogP contribution in [0.2, 0.25) is 0 Å². The van der Waals surface area contributed by atoms with Gasteiger partial charge in [-0.05, 0) is 37.5 Å². The molecular formula is C12H14O2. The number of carbonyl (C=O) groups excluding carboxylic acids is 2. The third kappa shape index (κ3) is 0.590. The number of ketones is 2. The standard InChI is InChI=1S/C12H14O2/c13-11-5-1-2-6(11)10-8-4-3-7(9(5)10)12(8)14/h5-10H,1-4H2. The molecule has 0 saturated heterocycles. The maximum atomic E-state index is 11.9. The second-order valence-corrected chi connectivity index (χ2v) is 5.54. The largest absolute Gasteiger partial charge is 0.299 e. The monoisotopic (exact) mass is 190 g/mol. The molecule has 0 heterocycles. The summed E-state index contributed by atoms with van der Waals surface area (Å²) in [5.74, 6) is 3.20. The van der Waals surface area contributed by atoms with E-state index >= 15 is 0 Å². The van der Waals surface area contributed by atoms with Crippen LogP contribution in [0.1, 0.15) is 25.7 Å². The Labute approximate surface area is 83.1 Å². The van der Waals surface area contributed by atoms with Gasteiger partial charge in [-0.25, -0.2) is 0 Å². The Morgan fingerprint density at radius 1 is 0.643 bits per heavy atom. The summed E-state index contributed by atoms with van der Waals surface area (Å²) in [7, 11) is 0. The SMILES string of the molecule is O=C1C2CCC1C1C3CCC(C3=O)C21. The summed E-state index contributed by atoms with van der Waals surface area (Å²) in [4.78, 5) is 23.8. The molecule has 4 saturated carbocycles. The van der Waals surface area contributed by atoms with Crippen LogP contribution in [-0.4, -0.2) is 11.6 Å². The van der Waals surface area contributed by atoms with Crippen molar-refractivity contribution in [3.05, 3.63) is 0 Å². The first-order chi connectivity index (χ1) is 6.79. The Kier molecular flexibility index (Phi) is 1.15. The van der Waals surface area contributed by atoms with Crippen molar-refractivity contribution in [2.75, 3.05) is 0 Å². The van der Waals surface area contributed by atoms with Gasteiger partial charge in [-0.15, -0.1) is 0 Å². The second-order valence-electron chi connectivity index (χ2n) is 5.54. The van der Waals surface area contributed by atoms with Crippen molar-refractivity contribution in [2.24, 2.45) is 35.5 Å².